The van der Waals surface area contributed by atoms with Crippen LogP contribution in [0.2, 0.25) is 0 Å². The highest BCUT2D eigenvalue weighted by atomic mass is 32.1. The maximum atomic E-state index is 11.5. The summed E-state index contributed by atoms with van der Waals surface area (Å²) in [5.74, 6) is -0.225. The van der Waals surface area contributed by atoms with Crippen molar-refractivity contribution in [3.8, 4) is 16.5 Å². The van der Waals surface area contributed by atoms with E-state index in [1.54, 1.807) is 35.2 Å². The van der Waals surface area contributed by atoms with E-state index in [1.165, 1.54) is 4.88 Å². The molecule has 1 aliphatic rings. The number of nitrogens with zero attached hydrogens (tertiary/aromatic N) is 4. The first-order valence-corrected chi connectivity index (χ1v) is 11.2. The molecule has 10 nitrogen and oxygen atoms in total. The Labute approximate surface area is 186 Å². The summed E-state index contributed by atoms with van der Waals surface area (Å²) in [4.78, 5) is 28.3. The molecule has 0 aromatic carbocycles. The molecule has 4 N–H and O–H groups in total. The van der Waals surface area contributed by atoms with Crippen molar-refractivity contribution in [3.63, 3.8) is 0 Å². The van der Waals surface area contributed by atoms with Crippen molar-refractivity contribution in [1.29, 1.82) is 0 Å². The summed E-state index contributed by atoms with van der Waals surface area (Å²) >= 11 is 1.67. The predicted octanol–water partition coefficient (Wildman–Crippen LogP) is 0.527. The van der Waals surface area contributed by atoms with Crippen LogP contribution in [-0.4, -0.2) is 56.0 Å². The van der Waals surface area contributed by atoms with Gasteiger partial charge in [0, 0.05) is 36.4 Å². The predicted molar refractivity (Wildman–Crippen MR) is 120 cm³/mol. The molecule has 0 aliphatic heterocycles. The highest BCUT2D eigenvalue weighted by molar-refractivity contribution is 7.15. The minimum absolute atomic E-state index is 0.225. The molecule has 1 saturated carbocycles. The Kier molecular flexibility index (Phi) is 5.60. The third-order valence-corrected chi connectivity index (χ3v) is 6.18. The van der Waals surface area contributed by atoms with Gasteiger partial charge < -0.3 is 20.1 Å². The number of aromatic nitrogens is 5. The lowest BCUT2D eigenvalue weighted by Gasteiger charge is -2.02. The van der Waals surface area contributed by atoms with Crippen molar-refractivity contribution in [2.75, 3.05) is 20.3 Å². The summed E-state index contributed by atoms with van der Waals surface area (Å²) in [5, 5.41) is 18.4. The lowest BCUT2D eigenvalue weighted by molar-refractivity contribution is 0.199. The lowest BCUT2D eigenvalue weighted by atomic mass is 10.3. The number of aromatic hydroxyl groups is 1. The molecule has 0 bridgehead atoms. The van der Waals surface area contributed by atoms with Gasteiger partial charge in [-0.1, -0.05) is 0 Å². The molecule has 11 heteroatoms. The fraction of sp³-hybridized carbons (Fsp3) is 0.333. The number of rotatable bonds is 8. The van der Waals surface area contributed by atoms with Gasteiger partial charge in [0.25, 0.3) is 0 Å². The van der Waals surface area contributed by atoms with Crippen molar-refractivity contribution in [1.82, 2.24) is 29.9 Å². The molecule has 0 amide bonds. The van der Waals surface area contributed by atoms with Crippen molar-refractivity contribution >= 4 is 23.1 Å². The fourth-order valence-electron chi connectivity index (χ4n) is 3.32. The highest BCUT2D eigenvalue weighted by Gasteiger charge is 2.20. The van der Waals surface area contributed by atoms with Crippen molar-refractivity contribution in [3.05, 3.63) is 56.2 Å². The molecule has 4 heterocycles. The average Bonchev–Trinajstić information content (AvgIpc) is 3.16. The van der Waals surface area contributed by atoms with Gasteiger partial charge >= 0.3 is 5.69 Å². The molecule has 0 atom stereocenters. The molecule has 4 aromatic heterocycles. The van der Waals surface area contributed by atoms with Crippen molar-refractivity contribution < 1.29 is 9.84 Å². The maximum Gasteiger partial charge on any atom is 0.326 e. The van der Waals surface area contributed by atoms with Gasteiger partial charge in [-0.15, -0.1) is 11.3 Å². The van der Waals surface area contributed by atoms with Crippen molar-refractivity contribution in [2.24, 2.45) is 4.99 Å². The van der Waals surface area contributed by atoms with Crippen LogP contribution in [-0.2, 0) is 11.3 Å². The Hall–Kier alpha value is -3.28. The molecule has 32 heavy (non-hydrogen) atoms. The van der Waals surface area contributed by atoms with E-state index >= 15 is 0 Å². The van der Waals surface area contributed by atoms with E-state index in [2.05, 4.69) is 32.5 Å². The SMILES string of the molecule is COCCNCc1ccc(-c2cc(=NC3CC3)n3nc/c(=C/c4[nH]c(=O)[nH]c4O)c3n2)s1. The van der Waals surface area contributed by atoms with Crippen LogP contribution >= 0.6 is 11.3 Å². The van der Waals surface area contributed by atoms with Crippen LogP contribution in [0.3, 0.4) is 0 Å². The number of fused-ring (bicyclic) bond motifs is 1. The first-order valence-electron chi connectivity index (χ1n) is 10.3. The average molecular weight is 454 g/mol. The normalized spacial score (nSPS) is 15.3. The Balaban J connectivity index is 1.57. The highest BCUT2D eigenvalue weighted by Crippen LogP contribution is 2.26. The monoisotopic (exact) mass is 453 g/mol. The molecular formula is C21H23N7O3S. The topological polar surface area (TPSA) is 133 Å². The largest absolute Gasteiger partial charge is 0.493 e. The van der Waals surface area contributed by atoms with Gasteiger partial charge in [-0.2, -0.15) is 9.61 Å². The van der Waals surface area contributed by atoms with Gasteiger partial charge in [0.1, 0.15) is 5.69 Å². The zero-order valence-electron chi connectivity index (χ0n) is 17.5. The molecule has 4 aromatic rings. The minimum atomic E-state index is -0.478. The number of hydrogen-bond donors (Lipinski definition) is 4. The van der Waals surface area contributed by atoms with E-state index in [9.17, 15) is 9.90 Å². The van der Waals surface area contributed by atoms with Crippen LogP contribution in [0.1, 0.15) is 23.4 Å². The summed E-state index contributed by atoms with van der Waals surface area (Å²) < 4.78 is 6.78. The van der Waals surface area contributed by atoms with Gasteiger partial charge in [-0.3, -0.25) is 9.98 Å². The molecule has 0 spiro atoms. The Morgan fingerprint density at radius 3 is 3.03 bits per heavy atom. The van der Waals surface area contributed by atoms with E-state index in [0.717, 1.165) is 42.0 Å². The first-order chi connectivity index (χ1) is 15.6. The summed E-state index contributed by atoms with van der Waals surface area (Å²) in [6, 6.07) is 6.44. The van der Waals surface area contributed by atoms with Crippen LogP contribution in [0.4, 0.5) is 0 Å². The number of hydrogen-bond acceptors (Lipinski definition) is 8. The van der Waals surface area contributed by atoms with Crippen LogP contribution in [0, 0.1) is 0 Å². The van der Waals surface area contributed by atoms with Gasteiger partial charge in [0.05, 0.1) is 29.4 Å². The molecule has 1 fully saturated rings. The molecular weight excluding hydrogens is 430 g/mol. The quantitative estimate of drug-likeness (QED) is 0.288. The standard InChI is InChI=1S/C21H23N7O3S/c1-31-7-6-22-11-14-4-5-17(32-14)15-9-18(24-13-2-3-13)28-19(25-15)12(10-23-28)8-16-20(29)27-21(30)26-16/h4-5,8-10,13,22,29H,2-3,6-7,11H2,1H3,(H2,26,27,30)/b12-8-,24-18?. The number of ether oxygens (including phenoxy) is 1. The number of H-pyrrole nitrogens is 2. The van der Waals surface area contributed by atoms with E-state index in [-0.39, 0.29) is 11.6 Å². The van der Waals surface area contributed by atoms with Crippen LogP contribution < -0.4 is 21.7 Å². The summed E-state index contributed by atoms with van der Waals surface area (Å²) in [6.07, 6.45) is 5.46. The third kappa shape index (κ3) is 4.35. The smallest absolute Gasteiger partial charge is 0.326 e. The van der Waals surface area contributed by atoms with Crippen LogP contribution in [0.5, 0.6) is 5.88 Å². The van der Waals surface area contributed by atoms with E-state index in [1.807, 2.05) is 6.07 Å². The number of nitrogens with one attached hydrogen (secondary N) is 3. The Morgan fingerprint density at radius 1 is 1.41 bits per heavy atom. The number of methoxy groups -OCH3 is 1. The molecule has 0 unspecified atom stereocenters. The second-order valence-electron chi connectivity index (χ2n) is 7.62. The summed E-state index contributed by atoms with van der Waals surface area (Å²) in [7, 11) is 1.69. The molecule has 0 radical (unpaired) electrons. The van der Waals surface area contributed by atoms with E-state index in [4.69, 9.17) is 14.7 Å². The van der Waals surface area contributed by atoms with Gasteiger partial charge in [-0.05, 0) is 31.1 Å². The van der Waals surface area contributed by atoms with Gasteiger partial charge in [0.2, 0.25) is 5.88 Å². The number of thiophene rings is 1. The Bertz CT molecular complexity index is 1430. The van der Waals surface area contributed by atoms with E-state index in [0.29, 0.717) is 23.5 Å². The first kappa shape index (κ1) is 20.6. The zero-order chi connectivity index (χ0) is 22.1. The minimum Gasteiger partial charge on any atom is -0.493 e. The summed E-state index contributed by atoms with van der Waals surface area (Å²) in [6.45, 7) is 2.23. The second kappa shape index (κ2) is 8.69. The zero-order valence-corrected chi connectivity index (χ0v) is 18.3. The van der Waals surface area contributed by atoms with Gasteiger partial charge in [0.15, 0.2) is 11.1 Å². The van der Waals surface area contributed by atoms with Gasteiger partial charge in [-0.25, -0.2) is 9.78 Å². The maximum absolute atomic E-state index is 11.5. The second-order valence-corrected chi connectivity index (χ2v) is 8.78. The van der Waals surface area contributed by atoms with Crippen molar-refractivity contribution in [2.45, 2.75) is 25.4 Å². The summed E-state index contributed by atoms with van der Waals surface area (Å²) in [5.41, 5.74) is 1.96. The van der Waals surface area contributed by atoms with Crippen LogP contribution in [0.15, 0.2) is 34.2 Å². The van der Waals surface area contributed by atoms with Crippen LogP contribution in [0.25, 0.3) is 22.3 Å². The number of aromatic amines is 2. The molecule has 166 valence electrons. The molecule has 5 rings (SSSR count). The van der Waals surface area contributed by atoms with E-state index < -0.39 is 5.69 Å². The lowest BCUT2D eigenvalue weighted by Crippen LogP contribution is -2.19. The fourth-order valence-corrected chi connectivity index (χ4v) is 4.26. The third-order valence-electron chi connectivity index (χ3n) is 5.07. The Morgan fingerprint density at radius 2 is 2.28 bits per heavy atom. The molecule has 1 aliphatic carbocycles. The molecule has 0 saturated heterocycles. The number of imidazole rings is 1.